The van der Waals surface area contributed by atoms with Crippen molar-refractivity contribution in [2.75, 3.05) is 31.6 Å². The van der Waals surface area contributed by atoms with Crippen molar-refractivity contribution < 1.29 is 4.92 Å². The number of hydrogen-bond acceptors (Lipinski definition) is 4. The summed E-state index contributed by atoms with van der Waals surface area (Å²) in [6.45, 7) is 4.93. The molecule has 0 aliphatic carbocycles. The highest BCUT2D eigenvalue weighted by Gasteiger charge is 2.26. The minimum Gasteiger partial charge on any atom is -0.362 e. The van der Waals surface area contributed by atoms with E-state index < -0.39 is 0 Å². The smallest absolute Gasteiger partial charge is 0.293 e. The highest BCUT2D eigenvalue weighted by molar-refractivity contribution is 9.10. The van der Waals surface area contributed by atoms with Gasteiger partial charge in [-0.1, -0.05) is 15.9 Å². The van der Waals surface area contributed by atoms with Crippen LogP contribution in [0.4, 0.5) is 11.4 Å². The summed E-state index contributed by atoms with van der Waals surface area (Å²) in [7, 11) is 2.09. The summed E-state index contributed by atoms with van der Waals surface area (Å²) in [6.07, 6.45) is 1.02. The van der Waals surface area contributed by atoms with Gasteiger partial charge in [0.2, 0.25) is 0 Å². The summed E-state index contributed by atoms with van der Waals surface area (Å²) >= 11 is 3.30. The molecule has 0 spiro atoms. The van der Waals surface area contributed by atoms with Crippen LogP contribution in [-0.2, 0) is 0 Å². The number of benzene rings is 1. The first-order valence-electron chi connectivity index (χ1n) is 6.38. The van der Waals surface area contributed by atoms with Crippen LogP contribution >= 0.6 is 15.9 Å². The Morgan fingerprint density at radius 2 is 2.16 bits per heavy atom. The first kappa shape index (κ1) is 14.3. The zero-order valence-electron chi connectivity index (χ0n) is 11.2. The molecule has 1 unspecified atom stereocenters. The molecule has 0 radical (unpaired) electrons. The molecule has 1 atom stereocenters. The molecule has 104 valence electrons. The standard InChI is InChI=1S/C13H18BrN3O2/c1-10-9-15(2)6-3-7-16(10)12-5-4-11(14)8-13(12)17(18)19/h4-5,8,10H,3,6-7,9H2,1-2H3. The van der Waals surface area contributed by atoms with Crippen LogP contribution in [0.25, 0.3) is 0 Å². The number of anilines is 1. The average molecular weight is 328 g/mol. The molecular weight excluding hydrogens is 310 g/mol. The predicted molar refractivity (Wildman–Crippen MR) is 79.7 cm³/mol. The van der Waals surface area contributed by atoms with Crippen LogP contribution in [0.2, 0.25) is 0 Å². The number of hydrogen-bond donors (Lipinski definition) is 0. The summed E-state index contributed by atoms with van der Waals surface area (Å²) in [6, 6.07) is 5.55. The zero-order valence-corrected chi connectivity index (χ0v) is 12.8. The van der Waals surface area contributed by atoms with Gasteiger partial charge in [-0.3, -0.25) is 10.1 Å². The zero-order chi connectivity index (χ0) is 14.0. The Morgan fingerprint density at radius 1 is 1.42 bits per heavy atom. The third-order valence-electron chi connectivity index (χ3n) is 3.49. The van der Waals surface area contributed by atoms with Crippen molar-refractivity contribution in [1.82, 2.24) is 4.90 Å². The lowest BCUT2D eigenvalue weighted by Crippen LogP contribution is -2.38. The Labute approximate surface area is 121 Å². The third-order valence-corrected chi connectivity index (χ3v) is 3.98. The Kier molecular flexibility index (Phi) is 4.42. The highest BCUT2D eigenvalue weighted by Crippen LogP contribution is 2.33. The molecule has 0 saturated carbocycles. The summed E-state index contributed by atoms with van der Waals surface area (Å²) < 4.78 is 0.738. The van der Waals surface area contributed by atoms with Crippen molar-refractivity contribution in [2.45, 2.75) is 19.4 Å². The normalized spacial score (nSPS) is 21.2. The molecule has 0 bridgehead atoms. The van der Waals surface area contributed by atoms with Crippen LogP contribution < -0.4 is 4.90 Å². The van der Waals surface area contributed by atoms with Crippen LogP contribution in [-0.4, -0.2) is 42.5 Å². The van der Waals surface area contributed by atoms with Crippen molar-refractivity contribution in [2.24, 2.45) is 0 Å². The van der Waals surface area contributed by atoms with E-state index in [0.717, 1.165) is 36.2 Å². The molecule has 1 aromatic rings. The lowest BCUT2D eigenvalue weighted by atomic mass is 10.2. The Bertz CT molecular complexity index is 481. The van der Waals surface area contributed by atoms with E-state index in [4.69, 9.17) is 0 Å². The van der Waals surface area contributed by atoms with E-state index in [1.54, 1.807) is 6.07 Å². The van der Waals surface area contributed by atoms with Crippen LogP contribution in [0.3, 0.4) is 0 Å². The van der Waals surface area contributed by atoms with Crippen LogP contribution in [0.15, 0.2) is 22.7 Å². The molecule has 2 rings (SSSR count). The molecule has 1 aliphatic heterocycles. The minimum absolute atomic E-state index is 0.172. The van der Waals surface area contributed by atoms with E-state index in [1.165, 1.54) is 0 Å². The molecule has 1 aromatic carbocycles. The predicted octanol–water partition coefficient (Wildman–Crippen LogP) is 2.89. The van der Waals surface area contributed by atoms with Crippen LogP contribution in [0.1, 0.15) is 13.3 Å². The Hall–Kier alpha value is -1.14. The molecule has 19 heavy (non-hydrogen) atoms. The van der Waals surface area contributed by atoms with Gasteiger partial charge >= 0.3 is 0 Å². The highest BCUT2D eigenvalue weighted by atomic mass is 79.9. The van der Waals surface area contributed by atoms with Crippen molar-refractivity contribution >= 4 is 27.3 Å². The van der Waals surface area contributed by atoms with Gasteiger partial charge in [-0.2, -0.15) is 0 Å². The number of nitro benzene ring substituents is 1. The summed E-state index contributed by atoms with van der Waals surface area (Å²) in [5.74, 6) is 0. The second-order valence-electron chi connectivity index (χ2n) is 5.05. The fourth-order valence-corrected chi connectivity index (χ4v) is 2.96. The fourth-order valence-electron chi connectivity index (χ4n) is 2.62. The van der Waals surface area contributed by atoms with Gasteiger partial charge in [0, 0.05) is 29.7 Å². The molecule has 0 amide bonds. The van der Waals surface area contributed by atoms with E-state index in [1.807, 2.05) is 12.1 Å². The van der Waals surface area contributed by atoms with Gasteiger partial charge in [-0.05, 0) is 39.1 Å². The third kappa shape index (κ3) is 3.25. The molecule has 0 aromatic heterocycles. The summed E-state index contributed by atoms with van der Waals surface area (Å²) in [5.41, 5.74) is 0.891. The Balaban J connectivity index is 2.37. The maximum absolute atomic E-state index is 11.2. The molecule has 1 aliphatic rings. The molecule has 1 heterocycles. The van der Waals surface area contributed by atoms with Gasteiger partial charge < -0.3 is 9.80 Å². The van der Waals surface area contributed by atoms with E-state index in [2.05, 4.69) is 39.7 Å². The number of rotatable bonds is 2. The molecule has 6 heteroatoms. The second-order valence-corrected chi connectivity index (χ2v) is 5.96. The number of nitro groups is 1. The first-order valence-corrected chi connectivity index (χ1v) is 7.17. The fraction of sp³-hybridized carbons (Fsp3) is 0.538. The van der Waals surface area contributed by atoms with Crippen molar-refractivity contribution in [1.29, 1.82) is 0 Å². The SMILES string of the molecule is CC1CN(C)CCCN1c1ccc(Br)cc1[N+](=O)[O-]. The number of likely N-dealkylation sites (N-methyl/N-ethyl adjacent to an activating group) is 1. The topological polar surface area (TPSA) is 49.6 Å². The van der Waals surface area contributed by atoms with E-state index >= 15 is 0 Å². The van der Waals surface area contributed by atoms with Crippen molar-refractivity contribution in [3.8, 4) is 0 Å². The maximum Gasteiger partial charge on any atom is 0.293 e. The van der Waals surface area contributed by atoms with Gasteiger partial charge in [-0.15, -0.1) is 0 Å². The van der Waals surface area contributed by atoms with Crippen LogP contribution in [0.5, 0.6) is 0 Å². The van der Waals surface area contributed by atoms with E-state index in [0.29, 0.717) is 0 Å². The van der Waals surface area contributed by atoms with Gasteiger partial charge in [0.05, 0.1) is 4.92 Å². The summed E-state index contributed by atoms with van der Waals surface area (Å²) in [4.78, 5) is 15.3. The summed E-state index contributed by atoms with van der Waals surface area (Å²) in [5, 5.41) is 11.2. The molecule has 0 N–H and O–H groups in total. The van der Waals surface area contributed by atoms with Gasteiger partial charge in [0.15, 0.2) is 0 Å². The number of nitrogens with zero attached hydrogens (tertiary/aromatic N) is 3. The van der Waals surface area contributed by atoms with Crippen molar-refractivity contribution in [3.05, 3.63) is 32.8 Å². The largest absolute Gasteiger partial charge is 0.362 e. The van der Waals surface area contributed by atoms with Crippen LogP contribution in [0, 0.1) is 10.1 Å². The lowest BCUT2D eigenvalue weighted by Gasteiger charge is -2.29. The quantitative estimate of drug-likeness (QED) is 0.619. The van der Waals surface area contributed by atoms with Gasteiger partial charge in [-0.25, -0.2) is 0 Å². The number of halogens is 1. The molecule has 1 saturated heterocycles. The minimum atomic E-state index is -0.304. The van der Waals surface area contributed by atoms with Gasteiger partial charge in [0.1, 0.15) is 5.69 Å². The van der Waals surface area contributed by atoms with E-state index in [-0.39, 0.29) is 16.7 Å². The van der Waals surface area contributed by atoms with E-state index in [9.17, 15) is 10.1 Å². The lowest BCUT2D eigenvalue weighted by molar-refractivity contribution is -0.384. The maximum atomic E-state index is 11.2. The van der Waals surface area contributed by atoms with Gasteiger partial charge in [0.25, 0.3) is 5.69 Å². The molecule has 5 nitrogen and oxygen atoms in total. The molecule has 1 fully saturated rings. The monoisotopic (exact) mass is 327 g/mol. The first-order chi connectivity index (χ1) is 8.99. The van der Waals surface area contributed by atoms with Crippen molar-refractivity contribution in [3.63, 3.8) is 0 Å². The average Bonchev–Trinajstić information content (AvgIpc) is 2.50. The Morgan fingerprint density at radius 3 is 2.84 bits per heavy atom. The molecular formula is C13H18BrN3O2. The second kappa shape index (κ2) is 5.88.